The molecule has 230 valence electrons. The quantitative estimate of drug-likeness (QED) is 0.207. The van der Waals surface area contributed by atoms with E-state index in [2.05, 4.69) is 4.98 Å². The zero-order valence-corrected chi connectivity index (χ0v) is 24.8. The van der Waals surface area contributed by atoms with Crippen molar-refractivity contribution in [2.45, 2.75) is 36.9 Å². The first kappa shape index (κ1) is 30.7. The lowest BCUT2D eigenvalue weighted by Gasteiger charge is -2.39. The van der Waals surface area contributed by atoms with Crippen molar-refractivity contribution in [1.82, 2.24) is 9.55 Å². The molecule has 0 radical (unpaired) electrons. The van der Waals surface area contributed by atoms with Crippen LogP contribution in [-0.2, 0) is 24.6 Å². The molecule has 0 spiro atoms. The van der Waals surface area contributed by atoms with Gasteiger partial charge in [0.15, 0.2) is 0 Å². The van der Waals surface area contributed by atoms with Crippen LogP contribution in [0.15, 0.2) is 94.6 Å². The molecular formula is C33H34N2O9. The molecule has 2 heterocycles. The van der Waals surface area contributed by atoms with Crippen LogP contribution in [0.4, 0.5) is 0 Å². The maximum atomic E-state index is 13.5. The van der Waals surface area contributed by atoms with E-state index in [1.165, 1.54) is 20.2 Å². The largest absolute Gasteiger partial charge is 0.497 e. The van der Waals surface area contributed by atoms with Crippen LogP contribution in [0.5, 0.6) is 11.5 Å². The molecule has 3 atom stereocenters. The van der Waals surface area contributed by atoms with Crippen LogP contribution in [0.25, 0.3) is 0 Å². The zero-order valence-electron chi connectivity index (χ0n) is 24.8. The average molecular weight is 603 g/mol. The molecule has 0 aliphatic carbocycles. The van der Waals surface area contributed by atoms with E-state index in [4.69, 9.17) is 23.7 Å². The van der Waals surface area contributed by atoms with E-state index in [0.29, 0.717) is 22.6 Å². The van der Waals surface area contributed by atoms with Crippen LogP contribution in [0.1, 0.15) is 34.9 Å². The summed E-state index contributed by atoms with van der Waals surface area (Å²) in [5, 5.41) is 11.4. The molecular weight excluding hydrogens is 568 g/mol. The van der Waals surface area contributed by atoms with E-state index in [1.807, 2.05) is 54.6 Å². The van der Waals surface area contributed by atoms with Crippen LogP contribution in [0.3, 0.4) is 0 Å². The summed E-state index contributed by atoms with van der Waals surface area (Å²) >= 11 is 0. The fourth-order valence-electron chi connectivity index (χ4n) is 5.56. The highest BCUT2D eigenvalue weighted by atomic mass is 16.6. The Bertz CT molecular complexity index is 1670. The molecule has 4 aromatic rings. The fourth-order valence-corrected chi connectivity index (χ4v) is 5.56. The maximum absolute atomic E-state index is 13.5. The highest BCUT2D eigenvalue weighted by molar-refractivity contribution is 5.81. The Hall–Kier alpha value is -4.71. The number of aliphatic hydroxyl groups is 1. The number of H-pyrrole nitrogens is 1. The minimum atomic E-state index is -2.03. The first-order chi connectivity index (χ1) is 21.2. The highest BCUT2D eigenvalue weighted by Crippen LogP contribution is 2.45. The molecule has 1 aromatic heterocycles. The third-order valence-electron chi connectivity index (χ3n) is 7.97. The van der Waals surface area contributed by atoms with Gasteiger partial charge in [0, 0.05) is 18.2 Å². The second-order valence-electron chi connectivity index (χ2n) is 10.5. The summed E-state index contributed by atoms with van der Waals surface area (Å²) in [6, 6.07) is 24.1. The Kier molecular flexibility index (Phi) is 8.73. The van der Waals surface area contributed by atoms with E-state index >= 15 is 0 Å². The molecule has 11 nitrogen and oxygen atoms in total. The standard InChI is InChI=1S/C33H34N2O9/c1-21-19-35(31(39)34-29(21)37)28-18-27(36)32(44-28,30(38)42-4)20-43-33(22-8-6-5-7-9-22,23-10-14-25(40-2)15-11-23)24-12-16-26(41-3)17-13-24/h5-17,19,27-28,36H,18,20H2,1-4H3,(H,34,37,39)/t27-,28+,32+/m0/s1. The number of ether oxygens (including phenoxy) is 5. The first-order valence-corrected chi connectivity index (χ1v) is 13.9. The van der Waals surface area contributed by atoms with Gasteiger partial charge in [0.05, 0.1) is 27.9 Å². The molecule has 0 bridgehead atoms. The fraction of sp³-hybridized carbons (Fsp3) is 0.303. The van der Waals surface area contributed by atoms with E-state index in [-0.39, 0.29) is 12.0 Å². The SMILES string of the molecule is COC(=O)[C@]1(COC(c2ccccc2)(c2ccc(OC)cc2)c2ccc(OC)cc2)O[C@@H](n2cc(C)c(=O)[nH]c2=O)C[C@@H]1O. The van der Waals surface area contributed by atoms with Gasteiger partial charge in [-0.05, 0) is 47.9 Å². The normalized spacial score (nSPS) is 19.8. The van der Waals surface area contributed by atoms with Gasteiger partial charge >= 0.3 is 11.7 Å². The Labute approximate surface area is 253 Å². The van der Waals surface area contributed by atoms with Crippen molar-refractivity contribution in [3.8, 4) is 11.5 Å². The summed E-state index contributed by atoms with van der Waals surface area (Å²) in [5.74, 6) is 0.388. The number of aromatic nitrogens is 2. The summed E-state index contributed by atoms with van der Waals surface area (Å²) in [5.41, 5.74) is -2.25. The van der Waals surface area contributed by atoms with Gasteiger partial charge in [-0.2, -0.15) is 0 Å². The number of aryl methyl sites for hydroxylation is 1. The molecule has 5 rings (SSSR count). The molecule has 0 amide bonds. The number of hydrogen-bond donors (Lipinski definition) is 2. The number of aliphatic hydroxyl groups excluding tert-OH is 1. The molecule has 2 N–H and O–H groups in total. The summed E-state index contributed by atoms with van der Waals surface area (Å²) in [4.78, 5) is 40.4. The molecule has 0 saturated carbocycles. The minimum absolute atomic E-state index is 0.146. The first-order valence-electron chi connectivity index (χ1n) is 13.9. The molecule has 1 aliphatic rings. The minimum Gasteiger partial charge on any atom is -0.497 e. The number of nitrogens with one attached hydrogen (secondary N) is 1. The average Bonchev–Trinajstić information content (AvgIpc) is 3.40. The number of esters is 1. The predicted molar refractivity (Wildman–Crippen MR) is 160 cm³/mol. The van der Waals surface area contributed by atoms with Crippen LogP contribution in [-0.4, -0.2) is 60.3 Å². The number of methoxy groups -OCH3 is 3. The Morgan fingerprint density at radius 1 is 0.932 bits per heavy atom. The highest BCUT2D eigenvalue weighted by Gasteiger charge is 2.57. The van der Waals surface area contributed by atoms with E-state index in [0.717, 1.165) is 10.1 Å². The van der Waals surface area contributed by atoms with Gasteiger partial charge in [0.25, 0.3) is 5.56 Å². The van der Waals surface area contributed by atoms with Gasteiger partial charge in [0.2, 0.25) is 5.60 Å². The van der Waals surface area contributed by atoms with Crippen molar-refractivity contribution < 1.29 is 33.6 Å². The Morgan fingerprint density at radius 3 is 2.00 bits per heavy atom. The molecule has 1 aliphatic heterocycles. The lowest BCUT2D eigenvalue weighted by Crippen LogP contribution is -2.54. The van der Waals surface area contributed by atoms with Gasteiger partial charge < -0.3 is 28.8 Å². The maximum Gasteiger partial charge on any atom is 0.343 e. The number of aromatic amines is 1. The van der Waals surface area contributed by atoms with Crippen molar-refractivity contribution in [2.75, 3.05) is 27.9 Å². The third-order valence-corrected chi connectivity index (χ3v) is 7.97. The third kappa shape index (κ3) is 5.41. The molecule has 44 heavy (non-hydrogen) atoms. The van der Waals surface area contributed by atoms with E-state index < -0.39 is 47.4 Å². The van der Waals surface area contributed by atoms with Gasteiger partial charge in [-0.25, -0.2) is 9.59 Å². The lowest BCUT2D eigenvalue weighted by molar-refractivity contribution is -0.198. The number of carbonyl (C=O) groups is 1. The van der Waals surface area contributed by atoms with E-state index in [9.17, 15) is 19.5 Å². The number of hydrogen-bond acceptors (Lipinski definition) is 9. The molecule has 0 unspecified atom stereocenters. The van der Waals surface area contributed by atoms with Crippen LogP contribution in [0, 0.1) is 6.92 Å². The Balaban J connectivity index is 1.65. The summed E-state index contributed by atoms with van der Waals surface area (Å²) in [6.07, 6.45) is -1.34. The van der Waals surface area contributed by atoms with Gasteiger partial charge in [0.1, 0.15) is 29.4 Å². The van der Waals surface area contributed by atoms with Crippen molar-refractivity contribution in [3.63, 3.8) is 0 Å². The van der Waals surface area contributed by atoms with Crippen molar-refractivity contribution in [3.05, 3.63) is 128 Å². The zero-order chi connectivity index (χ0) is 31.5. The summed E-state index contributed by atoms with van der Waals surface area (Å²) in [7, 11) is 4.33. The van der Waals surface area contributed by atoms with Crippen LogP contribution in [0.2, 0.25) is 0 Å². The van der Waals surface area contributed by atoms with E-state index in [1.54, 1.807) is 38.5 Å². The van der Waals surface area contributed by atoms with Crippen LogP contribution < -0.4 is 20.7 Å². The van der Waals surface area contributed by atoms with Crippen LogP contribution >= 0.6 is 0 Å². The lowest BCUT2D eigenvalue weighted by atomic mass is 9.79. The molecule has 1 saturated heterocycles. The summed E-state index contributed by atoms with van der Waals surface area (Å²) in [6.45, 7) is 1.07. The van der Waals surface area contributed by atoms with Gasteiger partial charge in [-0.15, -0.1) is 0 Å². The summed E-state index contributed by atoms with van der Waals surface area (Å²) < 4.78 is 30.1. The van der Waals surface area contributed by atoms with Gasteiger partial charge in [-0.1, -0.05) is 54.6 Å². The second-order valence-corrected chi connectivity index (χ2v) is 10.5. The van der Waals surface area contributed by atoms with Crippen molar-refractivity contribution >= 4 is 5.97 Å². The number of benzene rings is 3. The monoisotopic (exact) mass is 602 g/mol. The topological polar surface area (TPSA) is 138 Å². The predicted octanol–water partition coefficient (Wildman–Crippen LogP) is 3.06. The molecule has 1 fully saturated rings. The second kappa shape index (κ2) is 12.5. The van der Waals surface area contributed by atoms with Gasteiger partial charge in [-0.3, -0.25) is 14.3 Å². The number of carbonyl (C=O) groups excluding carboxylic acids is 1. The molecule has 3 aromatic carbocycles. The van der Waals surface area contributed by atoms with Crippen molar-refractivity contribution in [1.29, 1.82) is 0 Å². The number of rotatable bonds is 10. The molecule has 11 heteroatoms. The van der Waals surface area contributed by atoms with Crippen molar-refractivity contribution in [2.24, 2.45) is 0 Å². The smallest absolute Gasteiger partial charge is 0.343 e. The Morgan fingerprint density at radius 2 is 1.48 bits per heavy atom. The number of nitrogens with zero attached hydrogens (tertiary/aromatic N) is 1.